The zero-order valence-corrected chi connectivity index (χ0v) is 23.9. The molecule has 0 aliphatic carbocycles. The number of carboxylic acids is 1. The Morgan fingerprint density at radius 1 is 0.667 bits per heavy atom. The average Bonchev–Trinajstić information content (AvgIpc) is 2.88. The van der Waals surface area contributed by atoms with Gasteiger partial charge in [0.2, 0.25) is 0 Å². The Labute approximate surface area is 236 Å². The van der Waals surface area contributed by atoms with Crippen LogP contribution in [0.5, 0.6) is 0 Å². The Morgan fingerprint density at radius 2 is 1.06 bits per heavy atom. The molecular formula is C31H47CuNO2S. The van der Waals surface area contributed by atoms with Gasteiger partial charge in [-0.1, -0.05) is 158 Å². The first-order valence-corrected chi connectivity index (χ1v) is 14.2. The molecular weight excluding hydrogens is 514 g/mol. The van der Waals surface area contributed by atoms with Crippen LogP contribution in [-0.2, 0) is 21.9 Å². The maximum atomic E-state index is 10.3. The predicted octanol–water partition coefficient (Wildman–Crippen LogP) is 9.80. The molecule has 2 N–H and O–H groups in total. The molecule has 0 unspecified atom stereocenters. The Bertz CT molecular complexity index is 771. The third-order valence-electron chi connectivity index (χ3n) is 6.06. The van der Waals surface area contributed by atoms with E-state index in [0.29, 0.717) is 6.42 Å². The van der Waals surface area contributed by atoms with Gasteiger partial charge in [0.15, 0.2) is 0 Å². The second kappa shape index (κ2) is 25.0. The van der Waals surface area contributed by atoms with Gasteiger partial charge in [-0.3, -0.25) is 4.79 Å². The van der Waals surface area contributed by atoms with E-state index in [9.17, 15) is 4.79 Å². The van der Waals surface area contributed by atoms with Gasteiger partial charge in [-0.25, -0.2) is 0 Å². The van der Waals surface area contributed by atoms with E-state index in [2.05, 4.69) is 12.2 Å². The van der Waals surface area contributed by atoms with Crippen LogP contribution in [0.2, 0.25) is 0 Å². The van der Waals surface area contributed by atoms with Crippen LogP contribution >= 0.6 is 12.2 Å². The quantitative estimate of drug-likeness (QED) is 0.108. The predicted molar refractivity (Wildman–Crippen MR) is 155 cm³/mol. The van der Waals surface area contributed by atoms with Crippen LogP contribution < -0.4 is 5.32 Å². The standard InChI is InChI=1S/C18H36O2.C13H11NS.Cu/c1-2-3-4-5-6-7-8-9-10-11-12-13-14-15-16-17-18(19)20;15-13(11-7-3-1-4-8-11)14-12-9-5-2-6-10-12;/h2-17H2,1H3,(H,19,20);1-10H,(H,14,15);. The van der Waals surface area contributed by atoms with Crippen LogP contribution in [0.1, 0.15) is 115 Å². The van der Waals surface area contributed by atoms with E-state index in [4.69, 9.17) is 17.3 Å². The average molecular weight is 561 g/mol. The smallest absolute Gasteiger partial charge is 0.303 e. The second-order valence-corrected chi connectivity index (χ2v) is 9.69. The van der Waals surface area contributed by atoms with E-state index in [1.54, 1.807) is 0 Å². The summed E-state index contributed by atoms with van der Waals surface area (Å²) in [5, 5.41) is 11.7. The number of benzene rings is 2. The molecule has 2 rings (SSSR count). The summed E-state index contributed by atoms with van der Waals surface area (Å²) < 4.78 is 0. The normalized spacial score (nSPS) is 10.0. The van der Waals surface area contributed by atoms with Crippen molar-refractivity contribution >= 4 is 28.9 Å². The minimum absolute atomic E-state index is 0. The second-order valence-electron chi connectivity index (χ2n) is 9.28. The third kappa shape index (κ3) is 20.5. The van der Waals surface area contributed by atoms with Gasteiger partial charge < -0.3 is 10.4 Å². The number of hydrogen-bond donors (Lipinski definition) is 2. The molecule has 0 fully saturated rings. The van der Waals surface area contributed by atoms with Crippen LogP contribution in [0.25, 0.3) is 0 Å². The summed E-state index contributed by atoms with van der Waals surface area (Å²) in [5.41, 5.74) is 2.06. The zero-order valence-electron chi connectivity index (χ0n) is 22.2. The van der Waals surface area contributed by atoms with Gasteiger partial charge in [0.1, 0.15) is 4.99 Å². The van der Waals surface area contributed by atoms with Gasteiger partial charge in [-0.05, 0) is 18.6 Å². The van der Waals surface area contributed by atoms with E-state index in [1.807, 2.05) is 60.7 Å². The van der Waals surface area contributed by atoms with Crippen molar-refractivity contribution in [2.75, 3.05) is 5.32 Å². The molecule has 205 valence electrons. The summed E-state index contributed by atoms with van der Waals surface area (Å²) in [4.78, 5) is 11.1. The first-order valence-electron chi connectivity index (χ1n) is 13.8. The van der Waals surface area contributed by atoms with Crippen LogP contribution in [0.4, 0.5) is 5.69 Å². The van der Waals surface area contributed by atoms with Crippen LogP contribution in [0, 0.1) is 0 Å². The molecule has 2 aromatic rings. The molecule has 0 bridgehead atoms. The molecule has 0 amide bonds. The molecule has 0 aliphatic heterocycles. The topological polar surface area (TPSA) is 49.3 Å². The molecule has 5 heteroatoms. The largest absolute Gasteiger partial charge is 0.481 e. The number of carboxylic acid groups (broad SMARTS) is 1. The van der Waals surface area contributed by atoms with E-state index in [1.165, 1.54) is 83.5 Å². The van der Waals surface area contributed by atoms with E-state index in [0.717, 1.165) is 29.1 Å². The molecule has 3 nitrogen and oxygen atoms in total. The fourth-order valence-corrected chi connectivity index (χ4v) is 4.22. The summed E-state index contributed by atoms with van der Waals surface area (Å²) in [6.45, 7) is 2.27. The van der Waals surface area contributed by atoms with Gasteiger partial charge in [-0.2, -0.15) is 0 Å². The van der Waals surface area contributed by atoms with Crippen molar-refractivity contribution in [3.63, 3.8) is 0 Å². The van der Waals surface area contributed by atoms with E-state index >= 15 is 0 Å². The Hall–Kier alpha value is -1.68. The first kappa shape index (κ1) is 34.3. The first-order chi connectivity index (χ1) is 17.1. The SMILES string of the molecule is CCCCCCCCCCCCCCCCCC(=O)O.S=C(Nc1ccccc1)c1ccccc1.[Cu]. The van der Waals surface area contributed by atoms with E-state index in [-0.39, 0.29) is 17.1 Å². The molecule has 0 heterocycles. The van der Waals surface area contributed by atoms with Crippen LogP contribution in [0.15, 0.2) is 60.7 Å². The number of aliphatic carboxylic acids is 1. The number of unbranched alkanes of at least 4 members (excludes halogenated alkanes) is 14. The summed E-state index contributed by atoms with van der Waals surface area (Å²) >= 11 is 5.29. The van der Waals surface area contributed by atoms with Crippen molar-refractivity contribution in [1.82, 2.24) is 0 Å². The van der Waals surface area contributed by atoms with Crippen LogP contribution in [-0.4, -0.2) is 16.1 Å². The number of nitrogens with one attached hydrogen (secondary N) is 1. The molecule has 0 spiro atoms. The van der Waals surface area contributed by atoms with Gasteiger partial charge in [0.05, 0.1) is 0 Å². The third-order valence-corrected chi connectivity index (χ3v) is 6.40. The summed E-state index contributed by atoms with van der Waals surface area (Å²) in [6.07, 6.45) is 20.2. The van der Waals surface area contributed by atoms with Crippen molar-refractivity contribution in [1.29, 1.82) is 0 Å². The molecule has 0 saturated carbocycles. The maximum absolute atomic E-state index is 10.3. The molecule has 0 saturated heterocycles. The Morgan fingerprint density at radius 3 is 1.47 bits per heavy atom. The molecule has 0 aliphatic rings. The zero-order chi connectivity index (χ0) is 25.4. The van der Waals surface area contributed by atoms with Crippen molar-refractivity contribution in [3.05, 3.63) is 66.2 Å². The summed E-state index contributed by atoms with van der Waals surface area (Å²) in [5.74, 6) is -0.653. The number of thiocarbonyl (C=S) groups is 1. The molecule has 0 atom stereocenters. The summed E-state index contributed by atoms with van der Waals surface area (Å²) in [7, 11) is 0. The monoisotopic (exact) mass is 560 g/mol. The van der Waals surface area contributed by atoms with Gasteiger partial charge in [0.25, 0.3) is 0 Å². The Balaban J connectivity index is 0.000000682. The number of hydrogen-bond acceptors (Lipinski definition) is 2. The van der Waals surface area contributed by atoms with Gasteiger partial charge >= 0.3 is 5.97 Å². The fraction of sp³-hybridized carbons (Fsp3) is 0.548. The van der Waals surface area contributed by atoms with Crippen molar-refractivity contribution in [2.45, 2.75) is 110 Å². The van der Waals surface area contributed by atoms with Gasteiger partial charge in [0, 0.05) is 34.7 Å². The van der Waals surface area contributed by atoms with Crippen LogP contribution in [0.3, 0.4) is 0 Å². The maximum Gasteiger partial charge on any atom is 0.303 e. The number of anilines is 1. The molecule has 2 aromatic carbocycles. The minimum Gasteiger partial charge on any atom is -0.481 e. The van der Waals surface area contributed by atoms with E-state index < -0.39 is 5.97 Å². The number of carbonyl (C=O) groups is 1. The summed E-state index contributed by atoms with van der Waals surface area (Å²) in [6, 6.07) is 19.9. The fourth-order valence-electron chi connectivity index (χ4n) is 3.96. The number of rotatable bonds is 18. The number of para-hydroxylation sites is 1. The molecule has 0 aromatic heterocycles. The van der Waals surface area contributed by atoms with Crippen molar-refractivity contribution in [2.24, 2.45) is 0 Å². The van der Waals surface area contributed by atoms with Crippen molar-refractivity contribution in [3.8, 4) is 0 Å². The molecule has 1 radical (unpaired) electrons. The minimum atomic E-state index is -0.653. The molecule has 36 heavy (non-hydrogen) atoms. The Kier molecular flexibility index (Phi) is 23.8. The van der Waals surface area contributed by atoms with Gasteiger partial charge in [-0.15, -0.1) is 0 Å². The van der Waals surface area contributed by atoms with Crippen molar-refractivity contribution < 1.29 is 27.0 Å².